The van der Waals surface area contributed by atoms with E-state index in [0.29, 0.717) is 0 Å². The molecule has 5 heteroatoms. The average Bonchev–Trinajstić information content (AvgIpc) is 3.08. The molecule has 1 heterocycles. The molecule has 136 valence electrons. The fourth-order valence-corrected chi connectivity index (χ4v) is 3.45. The van der Waals surface area contributed by atoms with Gasteiger partial charge in [0, 0.05) is 11.4 Å². The van der Waals surface area contributed by atoms with Gasteiger partial charge in [0.15, 0.2) is 0 Å². The molecule has 4 N–H and O–H groups in total. The van der Waals surface area contributed by atoms with Crippen molar-refractivity contribution in [1.82, 2.24) is 15.5 Å². The number of hydrogen-bond donors (Lipinski definition) is 3. The third-order valence-electron chi connectivity index (χ3n) is 4.85. The molecule has 1 amide bonds. The zero-order valence-electron chi connectivity index (χ0n) is 15.1. The van der Waals surface area contributed by atoms with Crippen LogP contribution >= 0.6 is 0 Å². The number of carbonyl (C=O) groups excluding carboxylic acids is 1. The maximum Gasteiger partial charge on any atom is 0.226 e. The SMILES string of the molecule is CC(N)C(NC(=O)Cc1[nH]nc2ccccc12)c1ccc2ccccc2c1. The summed E-state index contributed by atoms with van der Waals surface area (Å²) in [5.41, 5.74) is 8.87. The Kier molecular flexibility index (Phi) is 4.60. The summed E-state index contributed by atoms with van der Waals surface area (Å²) < 4.78 is 0. The first-order valence-corrected chi connectivity index (χ1v) is 9.07. The van der Waals surface area contributed by atoms with Crippen LogP contribution in [0.5, 0.6) is 0 Å². The lowest BCUT2D eigenvalue weighted by molar-refractivity contribution is -0.121. The van der Waals surface area contributed by atoms with Crippen molar-refractivity contribution in [2.24, 2.45) is 5.73 Å². The van der Waals surface area contributed by atoms with E-state index >= 15 is 0 Å². The van der Waals surface area contributed by atoms with Crippen LogP contribution in [-0.4, -0.2) is 22.1 Å². The normalized spacial score (nSPS) is 13.6. The number of aromatic nitrogens is 2. The number of nitrogens with one attached hydrogen (secondary N) is 2. The van der Waals surface area contributed by atoms with Gasteiger partial charge in [-0.05, 0) is 35.4 Å². The highest BCUT2D eigenvalue weighted by atomic mass is 16.1. The van der Waals surface area contributed by atoms with Gasteiger partial charge in [-0.15, -0.1) is 0 Å². The number of aromatic amines is 1. The first kappa shape index (κ1) is 17.2. The summed E-state index contributed by atoms with van der Waals surface area (Å²) >= 11 is 0. The van der Waals surface area contributed by atoms with Crippen LogP contribution in [0, 0.1) is 0 Å². The molecule has 0 aliphatic carbocycles. The van der Waals surface area contributed by atoms with E-state index in [4.69, 9.17) is 5.73 Å². The van der Waals surface area contributed by atoms with E-state index in [1.807, 2.05) is 49.4 Å². The van der Waals surface area contributed by atoms with Crippen molar-refractivity contribution in [2.45, 2.75) is 25.4 Å². The van der Waals surface area contributed by atoms with E-state index in [9.17, 15) is 4.79 Å². The molecule has 27 heavy (non-hydrogen) atoms. The van der Waals surface area contributed by atoms with E-state index in [1.54, 1.807) is 0 Å². The van der Waals surface area contributed by atoms with Crippen molar-refractivity contribution in [3.63, 3.8) is 0 Å². The van der Waals surface area contributed by atoms with Crippen LogP contribution in [0.1, 0.15) is 24.2 Å². The molecule has 0 radical (unpaired) electrons. The minimum absolute atomic E-state index is 0.0835. The molecular weight excluding hydrogens is 336 g/mol. The van der Waals surface area contributed by atoms with E-state index < -0.39 is 0 Å². The lowest BCUT2D eigenvalue weighted by Crippen LogP contribution is -2.39. The average molecular weight is 358 g/mol. The van der Waals surface area contributed by atoms with Crippen LogP contribution < -0.4 is 11.1 Å². The Balaban J connectivity index is 1.56. The van der Waals surface area contributed by atoms with E-state index in [-0.39, 0.29) is 24.4 Å². The molecule has 4 rings (SSSR count). The van der Waals surface area contributed by atoms with Crippen LogP contribution in [0.4, 0.5) is 0 Å². The van der Waals surface area contributed by atoms with Gasteiger partial charge in [0.25, 0.3) is 0 Å². The second-order valence-electron chi connectivity index (χ2n) is 6.91. The Morgan fingerprint density at radius 3 is 2.63 bits per heavy atom. The zero-order valence-corrected chi connectivity index (χ0v) is 15.1. The molecule has 4 aromatic rings. The number of benzene rings is 3. The Morgan fingerprint density at radius 1 is 1.07 bits per heavy atom. The van der Waals surface area contributed by atoms with E-state index in [1.165, 1.54) is 5.39 Å². The molecule has 2 atom stereocenters. The number of para-hydroxylation sites is 1. The second-order valence-corrected chi connectivity index (χ2v) is 6.91. The van der Waals surface area contributed by atoms with Gasteiger partial charge in [0.05, 0.1) is 23.7 Å². The minimum atomic E-state index is -0.253. The second kappa shape index (κ2) is 7.21. The fraction of sp³-hybridized carbons (Fsp3) is 0.182. The highest BCUT2D eigenvalue weighted by Crippen LogP contribution is 2.23. The summed E-state index contributed by atoms with van der Waals surface area (Å²) in [5.74, 6) is -0.0835. The number of carbonyl (C=O) groups is 1. The summed E-state index contributed by atoms with van der Waals surface area (Å²) in [5, 5.41) is 13.6. The smallest absolute Gasteiger partial charge is 0.226 e. The Morgan fingerprint density at radius 2 is 1.81 bits per heavy atom. The predicted molar refractivity (Wildman–Crippen MR) is 108 cm³/mol. The highest BCUT2D eigenvalue weighted by Gasteiger charge is 2.20. The fourth-order valence-electron chi connectivity index (χ4n) is 3.45. The lowest BCUT2D eigenvalue weighted by atomic mass is 9.97. The van der Waals surface area contributed by atoms with Crippen LogP contribution in [0.15, 0.2) is 66.7 Å². The summed E-state index contributed by atoms with van der Waals surface area (Å²) in [6, 6.07) is 21.6. The first-order valence-electron chi connectivity index (χ1n) is 9.07. The van der Waals surface area contributed by atoms with Crippen molar-refractivity contribution < 1.29 is 4.79 Å². The number of fused-ring (bicyclic) bond motifs is 2. The van der Waals surface area contributed by atoms with Crippen molar-refractivity contribution in [1.29, 1.82) is 0 Å². The summed E-state index contributed by atoms with van der Waals surface area (Å²) in [4.78, 5) is 12.7. The van der Waals surface area contributed by atoms with Gasteiger partial charge in [-0.25, -0.2) is 0 Å². The summed E-state index contributed by atoms with van der Waals surface area (Å²) in [6.45, 7) is 1.91. The number of amides is 1. The van der Waals surface area contributed by atoms with Gasteiger partial charge in [-0.3, -0.25) is 9.89 Å². The molecule has 0 fully saturated rings. The van der Waals surface area contributed by atoms with Crippen molar-refractivity contribution in [3.8, 4) is 0 Å². The minimum Gasteiger partial charge on any atom is -0.347 e. The standard InChI is InChI=1S/C22H22N4O/c1-14(23)22(17-11-10-15-6-2-3-7-16(15)12-17)24-21(27)13-20-18-8-4-5-9-19(18)25-26-20/h2-12,14,22H,13,23H2,1H3,(H,24,27)(H,25,26). The number of hydrogen-bond acceptors (Lipinski definition) is 3. The third-order valence-corrected chi connectivity index (χ3v) is 4.85. The summed E-state index contributed by atoms with van der Waals surface area (Å²) in [7, 11) is 0. The zero-order chi connectivity index (χ0) is 18.8. The molecule has 0 saturated heterocycles. The molecule has 0 bridgehead atoms. The van der Waals surface area contributed by atoms with Crippen LogP contribution in [0.3, 0.4) is 0 Å². The molecule has 5 nitrogen and oxygen atoms in total. The lowest BCUT2D eigenvalue weighted by Gasteiger charge is -2.23. The van der Waals surface area contributed by atoms with Crippen LogP contribution in [0.2, 0.25) is 0 Å². The van der Waals surface area contributed by atoms with E-state index in [2.05, 4.69) is 39.8 Å². The number of rotatable bonds is 5. The molecule has 3 aromatic carbocycles. The molecule has 0 spiro atoms. The van der Waals surface area contributed by atoms with Gasteiger partial charge >= 0.3 is 0 Å². The van der Waals surface area contributed by atoms with Gasteiger partial charge in [-0.1, -0.05) is 54.6 Å². The first-order chi connectivity index (χ1) is 13.1. The molecule has 0 saturated carbocycles. The molecule has 0 aliphatic rings. The van der Waals surface area contributed by atoms with Crippen molar-refractivity contribution in [2.75, 3.05) is 0 Å². The maximum atomic E-state index is 12.7. The third kappa shape index (κ3) is 3.55. The quantitative estimate of drug-likeness (QED) is 0.511. The molecule has 2 unspecified atom stereocenters. The summed E-state index contributed by atoms with van der Waals surface area (Å²) in [6.07, 6.45) is 0.233. The van der Waals surface area contributed by atoms with Gasteiger partial charge in [0.2, 0.25) is 5.91 Å². The number of nitrogens with two attached hydrogens (primary N) is 1. The topological polar surface area (TPSA) is 83.8 Å². The van der Waals surface area contributed by atoms with Crippen LogP contribution in [-0.2, 0) is 11.2 Å². The highest BCUT2D eigenvalue weighted by molar-refractivity contribution is 5.88. The van der Waals surface area contributed by atoms with Gasteiger partial charge < -0.3 is 11.1 Å². The van der Waals surface area contributed by atoms with Crippen molar-refractivity contribution in [3.05, 3.63) is 78.0 Å². The van der Waals surface area contributed by atoms with Crippen LogP contribution in [0.25, 0.3) is 21.7 Å². The Labute approximate surface area is 157 Å². The van der Waals surface area contributed by atoms with Gasteiger partial charge in [-0.2, -0.15) is 5.10 Å². The van der Waals surface area contributed by atoms with Crippen molar-refractivity contribution >= 4 is 27.6 Å². The predicted octanol–water partition coefficient (Wildman–Crippen LogP) is 3.46. The number of H-pyrrole nitrogens is 1. The molecule has 1 aromatic heterocycles. The molecular formula is C22H22N4O. The molecule has 0 aliphatic heterocycles. The Hall–Kier alpha value is -3.18. The van der Waals surface area contributed by atoms with Gasteiger partial charge in [0.1, 0.15) is 0 Å². The van der Waals surface area contributed by atoms with E-state index in [0.717, 1.165) is 27.5 Å². The largest absolute Gasteiger partial charge is 0.347 e. The maximum absolute atomic E-state index is 12.7. The number of nitrogens with zero attached hydrogens (tertiary/aromatic N) is 1. The Bertz CT molecular complexity index is 1100. The monoisotopic (exact) mass is 358 g/mol.